The third-order valence-electron chi connectivity index (χ3n) is 3.73. The molecule has 0 aromatic rings. The van der Waals surface area contributed by atoms with Crippen LogP contribution in [0.2, 0.25) is 0 Å². The summed E-state index contributed by atoms with van der Waals surface area (Å²) in [4.78, 5) is 13.4. The normalized spacial score (nSPS) is 28.3. The number of carbonyl (C=O) groups is 1. The summed E-state index contributed by atoms with van der Waals surface area (Å²) in [6.45, 7) is 8.39. The van der Waals surface area contributed by atoms with Crippen molar-refractivity contribution in [1.29, 1.82) is 0 Å². The van der Waals surface area contributed by atoms with Gasteiger partial charge in [0.25, 0.3) is 0 Å². The highest BCUT2D eigenvalue weighted by Gasteiger charge is 2.36. The largest absolute Gasteiger partial charge is 0.389 e. The SMILES string of the molecule is CCC(C=O)(CC)CN1CCC(C)(O)C1. The van der Waals surface area contributed by atoms with Crippen LogP contribution < -0.4 is 0 Å². The van der Waals surface area contributed by atoms with E-state index < -0.39 is 5.60 Å². The van der Waals surface area contributed by atoms with E-state index in [1.54, 1.807) is 0 Å². The van der Waals surface area contributed by atoms with Crippen molar-refractivity contribution in [2.75, 3.05) is 19.6 Å². The summed E-state index contributed by atoms with van der Waals surface area (Å²) in [6, 6.07) is 0. The number of nitrogens with zero attached hydrogens (tertiary/aromatic N) is 1. The first kappa shape index (κ1) is 12.7. The molecule has 0 aromatic heterocycles. The second-order valence-corrected chi connectivity index (χ2v) is 5.14. The number of hydrogen-bond acceptors (Lipinski definition) is 3. The monoisotopic (exact) mass is 213 g/mol. The smallest absolute Gasteiger partial charge is 0.127 e. The zero-order chi connectivity index (χ0) is 11.5. The van der Waals surface area contributed by atoms with Gasteiger partial charge in [-0.1, -0.05) is 13.8 Å². The van der Waals surface area contributed by atoms with Crippen molar-refractivity contribution in [1.82, 2.24) is 4.90 Å². The fourth-order valence-corrected chi connectivity index (χ4v) is 2.30. The molecule has 0 bridgehead atoms. The summed E-state index contributed by atoms with van der Waals surface area (Å²) >= 11 is 0. The minimum absolute atomic E-state index is 0.208. The summed E-state index contributed by atoms with van der Waals surface area (Å²) in [5.74, 6) is 0. The number of hydrogen-bond donors (Lipinski definition) is 1. The number of β-amino-alcohol motifs (C(OH)–C–C–N with tert-alkyl or cyclic N) is 1. The van der Waals surface area contributed by atoms with Crippen LogP contribution in [-0.2, 0) is 4.79 Å². The molecule has 0 radical (unpaired) electrons. The van der Waals surface area contributed by atoms with Crippen molar-refractivity contribution in [2.24, 2.45) is 5.41 Å². The molecule has 1 unspecified atom stereocenters. The van der Waals surface area contributed by atoms with Crippen LogP contribution in [0.4, 0.5) is 0 Å². The first-order valence-corrected chi connectivity index (χ1v) is 5.88. The van der Waals surface area contributed by atoms with E-state index in [9.17, 15) is 9.90 Å². The molecule has 0 aliphatic carbocycles. The molecule has 1 heterocycles. The van der Waals surface area contributed by atoms with Crippen LogP contribution in [0.5, 0.6) is 0 Å². The highest BCUT2D eigenvalue weighted by atomic mass is 16.3. The third kappa shape index (κ3) is 3.02. The minimum Gasteiger partial charge on any atom is -0.389 e. The number of aldehydes is 1. The van der Waals surface area contributed by atoms with Crippen molar-refractivity contribution in [2.45, 2.75) is 45.6 Å². The van der Waals surface area contributed by atoms with Crippen molar-refractivity contribution in [3.63, 3.8) is 0 Å². The van der Waals surface area contributed by atoms with E-state index in [0.717, 1.165) is 38.6 Å². The van der Waals surface area contributed by atoms with Gasteiger partial charge in [-0.3, -0.25) is 4.90 Å². The van der Waals surface area contributed by atoms with Crippen LogP contribution in [0.3, 0.4) is 0 Å². The van der Waals surface area contributed by atoms with Gasteiger partial charge in [0.15, 0.2) is 0 Å². The lowest BCUT2D eigenvalue weighted by Gasteiger charge is -2.30. The first-order valence-electron chi connectivity index (χ1n) is 5.88. The van der Waals surface area contributed by atoms with Gasteiger partial charge in [0, 0.05) is 25.0 Å². The van der Waals surface area contributed by atoms with Crippen LogP contribution in [0, 0.1) is 5.41 Å². The average Bonchev–Trinajstić information content (AvgIpc) is 2.55. The second kappa shape index (κ2) is 4.62. The molecule has 0 spiro atoms. The van der Waals surface area contributed by atoms with Crippen molar-refractivity contribution in [3.05, 3.63) is 0 Å². The number of rotatable bonds is 5. The second-order valence-electron chi connectivity index (χ2n) is 5.14. The number of likely N-dealkylation sites (tertiary alicyclic amines) is 1. The molecule has 1 fully saturated rings. The molecule has 0 aromatic carbocycles. The van der Waals surface area contributed by atoms with E-state index >= 15 is 0 Å². The zero-order valence-corrected chi connectivity index (χ0v) is 10.1. The molecule has 1 saturated heterocycles. The summed E-state index contributed by atoms with van der Waals surface area (Å²) in [5, 5.41) is 9.85. The molecule has 88 valence electrons. The molecule has 15 heavy (non-hydrogen) atoms. The predicted molar refractivity (Wildman–Crippen MR) is 60.8 cm³/mol. The van der Waals surface area contributed by atoms with Crippen LogP contribution in [0.1, 0.15) is 40.0 Å². The van der Waals surface area contributed by atoms with E-state index in [0.29, 0.717) is 6.54 Å². The fourth-order valence-electron chi connectivity index (χ4n) is 2.30. The van der Waals surface area contributed by atoms with Crippen molar-refractivity contribution < 1.29 is 9.90 Å². The highest BCUT2D eigenvalue weighted by molar-refractivity contribution is 5.59. The molecule has 3 heteroatoms. The molecule has 1 rings (SSSR count). The Balaban J connectivity index is 2.57. The number of carbonyl (C=O) groups excluding carboxylic acids is 1. The van der Waals surface area contributed by atoms with Crippen LogP contribution in [0.25, 0.3) is 0 Å². The van der Waals surface area contributed by atoms with Gasteiger partial charge in [-0.25, -0.2) is 0 Å². The lowest BCUT2D eigenvalue weighted by atomic mass is 9.83. The molecule has 1 aliphatic rings. The molecular weight excluding hydrogens is 190 g/mol. The zero-order valence-electron chi connectivity index (χ0n) is 10.1. The van der Waals surface area contributed by atoms with Gasteiger partial charge in [0.2, 0.25) is 0 Å². The van der Waals surface area contributed by atoms with Crippen molar-refractivity contribution in [3.8, 4) is 0 Å². The van der Waals surface area contributed by atoms with E-state index in [2.05, 4.69) is 18.7 Å². The molecule has 3 nitrogen and oxygen atoms in total. The topological polar surface area (TPSA) is 40.5 Å². The Morgan fingerprint density at radius 1 is 1.47 bits per heavy atom. The maximum Gasteiger partial charge on any atom is 0.127 e. The van der Waals surface area contributed by atoms with Gasteiger partial charge in [-0.05, 0) is 26.2 Å². The van der Waals surface area contributed by atoms with Gasteiger partial charge in [0.05, 0.1) is 5.60 Å². The number of aliphatic hydroxyl groups is 1. The van der Waals surface area contributed by atoms with Crippen LogP contribution in [0.15, 0.2) is 0 Å². The Labute approximate surface area is 92.5 Å². The summed E-state index contributed by atoms with van der Waals surface area (Å²) in [5.41, 5.74) is -0.767. The Bertz CT molecular complexity index is 222. The third-order valence-corrected chi connectivity index (χ3v) is 3.73. The van der Waals surface area contributed by atoms with E-state index in [1.807, 2.05) is 6.92 Å². The summed E-state index contributed by atoms with van der Waals surface area (Å²) in [7, 11) is 0. The predicted octanol–water partition coefficient (Wildman–Crippen LogP) is 1.45. The molecular formula is C12H23NO2. The highest BCUT2D eigenvalue weighted by Crippen LogP contribution is 2.29. The Kier molecular flexibility index (Phi) is 3.90. The van der Waals surface area contributed by atoms with Crippen LogP contribution >= 0.6 is 0 Å². The fraction of sp³-hybridized carbons (Fsp3) is 0.917. The lowest BCUT2D eigenvalue weighted by molar-refractivity contribution is -0.117. The molecule has 1 N–H and O–H groups in total. The maximum atomic E-state index is 11.1. The molecule has 1 atom stereocenters. The van der Waals surface area contributed by atoms with Gasteiger partial charge >= 0.3 is 0 Å². The first-order chi connectivity index (χ1) is 6.97. The minimum atomic E-state index is -0.559. The molecule has 1 aliphatic heterocycles. The van der Waals surface area contributed by atoms with Gasteiger partial charge in [-0.15, -0.1) is 0 Å². The molecule has 0 amide bonds. The van der Waals surface area contributed by atoms with E-state index in [4.69, 9.17) is 0 Å². The standard InChI is InChI=1S/C12H23NO2/c1-4-12(5-2,10-14)9-13-7-6-11(3,15)8-13/h10,15H,4-9H2,1-3H3. The quantitative estimate of drug-likeness (QED) is 0.703. The van der Waals surface area contributed by atoms with Gasteiger partial charge in [-0.2, -0.15) is 0 Å². The van der Waals surface area contributed by atoms with Gasteiger partial charge < -0.3 is 9.90 Å². The summed E-state index contributed by atoms with van der Waals surface area (Å²) < 4.78 is 0. The Morgan fingerprint density at radius 2 is 2.07 bits per heavy atom. The lowest BCUT2D eigenvalue weighted by Crippen LogP contribution is -2.39. The van der Waals surface area contributed by atoms with E-state index in [-0.39, 0.29) is 5.41 Å². The molecule has 0 saturated carbocycles. The van der Waals surface area contributed by atoms with E-state index in [1.165, 1.54) is 0 Å². The average molecular weight is 213 g/mol. The Morgan fingerprint density at radius 3 is 2.40 bits per heavy atom. The van der Waals surface area contributed by atoms with Crippen molar-refractivity contribution >= 4 is 6.29 Å². The Hall–Kier alpha value is -0.410. The summed E-state index contributed by atoms with van der Waals surface area (Å²) in [6.07, 6.45) is 3.67. The van der Waals surface area contributed by atoms with Gasteiger partial charge in [0.1, 0.15) is 6.29 Å². The van der Waals surface area contributed by atoms with Crippen LogP contribution in [-0.4, -0.2) is 41.5 Å². The maximum absolute atomic E-state index is 11.1.